The molecule has 2 aromatic heterocycles. The lowest BCUT2D eigenvalue weighted by atomic mass is 10.3. The first kappa shape index (κ1) is 13.3. The van der Waals surface area contributed by atoms with Gasteiger partial charge in [0.15, 0.2) is 5.13 Å². The molecule has 1 saturated heterocycles. The van der Waals surface area contributed by atoms with Gasteiger partial charge in [0, 0.05) is 32.4 Å². The summed E-state index contributed by atoms with van der Waals surface area (Å²) in [5.74, 6) is 1.04. The van der Waals surface area contributed by atoms with Gasteiger partial charge in [0.25, 0.3) is 0 Å². The van der Waals surface area contributed by atoms with Crippen LogP contribution < -0.4 is 9.80 Å². The van der Waals surface area contributed by atoms with Crippen molar-refractivity contribution in [3.63, 3.8) is 0 Å². The zero-order valence-corrected chi connectivity index (χ0v) is 12.3. The van der Waals surface area contributed by atoms with Gasteiger partial charge in [-0.3, -0.25) is 0 Å². The summed E-state index contributed by atoms with van der Waals surface area (Å²) >= 11 is 1.59. The van der Waals surface area contributed by atoms with Crippen molar-refractivity contribution in [3.05, 3.63) is 35.0 Å². The molecule has 20 heavy (non-hydrogen) atoms. The fourth-order valence-corrected chi connectivity index (χ4v) is 3.33. The molecule has 0 bridgehead atoms. The molecule has 0 aromatic carbocycles. The van der Waals surface area contributed by atoms with Gasteiger partial charge >= 0.3 is 0 Å². The summed E-state index contributed by atoms with van der Waals surface area (Å²) in [7, 11) is 0. The summed E-state index contributed by atoms with van der Waals surface area (Å²) in [5.41, 5.74) is 0.944. The van der Waals surface area contributed by atoms with Crippen LogP contribution in [0, 0.1) is 6.92 Å². The number of hydrogen-bond acceptors (Lipinski definition) is 6. The van der Waals surface area contributed by atoms with Crippen molar-refractivity contribution in [1.29, 1.82) is 0 Å². The minimum Gasteiger partial charge on any atom is -0.391 e. The Kier molecular flexibility index (Phi) is 3.84. The maximum Gasteiger partial charge on any atom is 0.185 e. The highest BCUT2D eigenvalue weighted by molar-refractivity contribution is 7.15. The van der Waals surface area contributed by atoms with E-state index in [-0.39, 0.29) is 6.61 Å². The molecule has 106 valence electrons. The average Bonchev–Trinajstić information content (AvgIpc) is 2.89. The number of anilines is 2. The van der Waals surface area contributed by atoms with E-state index < -0.39 is 0 Å². The molecule has 3 rings (SSSR count). The molecule has 1 fully saturated rings. The van der Waals surface area contributed by atoms with Crippen LogP contribution in [0.5, 0.6) is 0 Å². The molecule has 0 amide bonds. The first-order valence-electron chi connectivity index (χ1n) is 6.76. The van der Waals surface area contributed by atoms with Crippen LogP contribution in [0.1, 0.15) is 10.6 Å². The number of thiazole rings is 1. The Labute approximate surface area is 122 Å². The molecular weight excluding hydrogens is 272 g/mol. The first-order valence-corrected chi connectivity index (χ1v) is 7.57. The Morgan fingerprint density at radius 2 is 1.95 bits per heavy atom. The van der Waals surface area contributed by atoms with Crippen molar-refractivity contribution in [2.45, 2.75) is 13.5 Å². The number of aliphatic hydroxyl groups is 1. The Hall–Kier alpha value is -1.66. The summed E-state index contributed by atoms with van der Waals surface area (Å²) in [6, 6.07) is 6.01. The number of aliphatic hydroxyl groups excluding tert-OH is 1. The summed E-state index contributed by atoms with van der Waals surface area (Å²) in [6.45, 7) is 5.81. The maximum absolute atomic E-state index is 9.26. The summed E-state index contributed by atoms with van der Waals surface area (Å²) in [4.78, 5) is 14.5. The van der Waals surface area contributed by atoms with Gasteiger partial charge in [0.1, 0.15) is 5.82 Å². The Morgan fingerprint density at radius 3 is 2.55 bits per heavy atom. The van der Waals surface area contributed by atoms with Crippen LogP contribution in [0.15, 0.2) is 24.4 Å². The van der Waals surface area contributed by atoms with Crippen LogP contribution in [-0.4, -0.2) is 41.3 Å². The van der Waals surface area contributed by atoms with Crippen LogP contribution >= 0.6 is 11.3 Å². The molecule has 1 aliphatic rings. The van der Waals surface area contributed by atoms with E-state index in [0.717, 1.165) is 47.7 Å². The lowest BCUT2D eigenvalue weighted by molar-refractivity contribution is 0.284. The standard InChI is InChI=1S/C14H18N4OS/c1-11-12(10-19)20-14(16-11)18-8-6-17(7-9-18)13-4-2-3-5-15-13/h2-5,19H,6-10H2,1H3. The van der Waals surface area contributed by atoms with Gasteiger partial charge < -0.3 is 14.9 Å². The highest BCUT2D eigenvalue weighted by Crippen LogP contribution is 2.27. The smallest absolute Gasteiger partial charge is 0.185 e. The SMILES string of the molecule is Cc1nc(N2CCN(c3ccccn3)CC2)sc1CO. The molecule has 5 nitrogen and oxygen atoms in total. The van der Waals surface area contributed by atoms with Gasteiger partial charge in [-0.1, -0.05) is 17.4 Å². The quantitative estimate of drug-likeness (QED) is 0.932. The van der Waals surface area contributed by atoms with Crippen molar-refractivity contribution >= 4 is 22.3 Å². The van der Waals surface area contributed by atoms with E-state index in [1.165, 1.54) is 0 Å². The minimum atomic E-state index is 0.0808. The van der Waals surface area contributed by atoms with Gasteiger partial charge in [0.2, 0.25) is 0 Å². The van der Waals surface area contributed by atoms with Gasteiger partial charge in [-0.2, -0.15) is 0 Å². The third-order valence-corrected chi connectivity index (χ3v) is 4.75. The van der Waals surface area contributed by atoms with E-state index in [2.05, 4.69) is 19.8 Å². The third kappa shape index (κ3) is 2.62. The zero-order chi connectivity index (χ0) is 13.9. The van der Waals surface area contributed by atoms with Crippen LogP contribution in [0.25, 0.3) is 0 Å². The topological polar surface area (TPSA) is 52.5 Å². The molecule has 0 spiro atoms. The number of pyridine rings is 1. The normalized spacial score (nSPS) is 15.7. The van der Waals surface area contributed by atoms with E-state index in [0.29, 0.717) is 0 Å². The number of piperazine rings is 1. The van der Waals surface area contributed by atoms with Crippen LogP contribution in [0.4, 0.5) is 10.9 Å². The molecule has 0 unspecified atom stereocenters. The first-order chi connectivity index (χ1) is 9.78. The second kappa shape index (κ2) is 5.76. The predicted octanol–water partition coefficient (Wildman–Crippen LogP) is 1.67. The lowest BCUT2D eigenvalue weighted by Gasteiger charge is -2.35. The molecule has 0 saturated carbocycles. The number of nitrogens with zero attached hydrogens (tertiary/aromatic N) is 4. The number of aromatic nitrogens is 2. The van der Waals surface area contributed by atoms with Crippen LogP contribution in [0.3, 0.4) is 0 Å². The molecule has 0 radical (unpaired) electrons. The summed E-state index contributed by atoms with van der Waals surface area (Å²) < 4.78 is 0. The summed E-state index contributed by atoms with van der Waals surface area (Å²) in [5, 5.41) is 10.3. The molecule has 3 heterocycles. The van der Waals surface area contributed by atoms with Crippen molar-refractivity contribution < 1.29 is 5.11 Å². The summed E-state index contributed by atoms with van der Waals surface area (Å²) in [6.07, 6.45) is 1.83. The van der Waals surface area contributed by atoms with E-state index in [1.54, 1.807) is 11.3 Å². The van der Waals surface area contributed by atoms with Crippen LogP contribution in [0.2, 0.25) is 0 Å². The Balaban J connectivity index is 1.66. The van der Waals surface area contributed by atoms with E-state index in [1.807, 2.05) is 31.3 Å². The molecule has 0 aliphatic carbocycles. The molecule has 1 N–H and O–H groups in total. The second-order valence-corrected chi connectivity index (χ2v) is 5.89. The van der Waals surface area contributed by atoms with Crippen molar-refractivity contribution in [2.24, 2.45) is 0 Å². The Morgan fingerprint density at radius 1 is 1.20 bits per heavy atom. The van der Waals surface area contributed by atoms with Gasteiger partial charge in [-0.25, -0.2) is 9.97 Å². The number of rotatable bonds is 3. The van der Waals surface area contributed by atoms with Gasteiger partial charge in [-0.15, -0.1) is 0 Å². The molecule has 1 aliphatic heterocycles. The largest absolute Gasteiger partial charge is 0.391 e. The van der Waals surface area contributed by atoms with Crippen LogP contribution in [-0.2, 0) is 6.61 Å². The highest BCUT2D eigenvalue weighted by atomic mass is 32.1. The monoisotopic (exact) mass is 290 g/mol. The van der Waals surface area contributed by atoms with E-state index >= 15 is 0 Å². The van der Waals surface area contributed by atoms with E-state index in [4.69, 9.17) is 0 Å². The number of aryl methyl sites for hydroxylation is 1. The fourth-order valence-electron chi connectivity index (χ4n) is 2.36. The average molecular weight is 290 g/mol. The maximum atomic E-state index is 9.26. The number of hydrogen-bond donors (Lipinski definition) is 1. The van der Waals surface area contributed by atoms with Gasteiger partial charge in [-0.05, 0) is 19.1 Å². The predicted molar refractivity (Wildman–Crippen MR) is 81.4 cm³/mol. The van der Waals surface area contributed by atoms with Crippen molar-refractivity contribution in [2.75, 3.05) is 36.0 Å². The lowest BCUT2D eigenvalue weighted by Crippen LogP contribution is -2.46. The minimum absolute atomic E-state index is 0.0808. The van der Waals surface area contributed by atoms with Crippen molar-refractivity contribution in [1.82, 2.24) is 9.97 Å². The molecular formula is C14H18N4OS. The zero-order valence-electron chi connectivity index (χ0n) is 11.5. The van der Waals surface area contributed by atoms with Crippen molar-refractivity contribution in [3.8, 4) is 0 Å². The highest BCUT2D eigenvalue weighted by Gasteiger charge is 2.21. The molecule has 2 aromatic rings. The molecule has 0 atom stereocenters. The third-order valence-electron chi connectivity index (χ3n) is 3.55. The second-order valence-electron chi connectivity index (χ2n) is 4.83. The molecule has 6 heteroatoms. The Bertz CT molecular complexity index is 564. The fraction of sp³-hybridized carbons (Fsp3) is 0.429. The van der Waals surface area contributed by atoms with Gasteiger partial charge in [0.05, 0.1) is 17.2 Å². The van der Waals surface area contributed by atoms with E-state index in [9.17, 15) is 5.11 Å².